The predicted octanol–water partition coefficient (Wildman–Crippen LogP) is 1.42. The summed E-state index contributed by atoms with van der Waals surface area (Å²) >= 11 is 0. The van der Waals surface area contributed by atoms with Crippen molar-refractivity contribution in [1.29, 1.82) is 0 Å². The zero-order valence-electron chi connectivity index (χ0n) is 10.0. The monoisotopic (exact) mass is 227 g/mol. The first kappa shape index (κ1) is 12.3. The molecule has 4 N–H and O–H groups in total. The van der Waals surface area contributed by atoms with Crippen LogP contribution in [0.4, 0.5) is 0 Å². The smallest absolute Gasteiger partial charge is 0.0744 e. The quantitative estimate of drug-likeness (QED) is 0.665. The minimum atomic E-state index is -0.510. The normalized spacial score (nSPS) is 28.7. The average Bonchev–Trinajstić information content (AvgIpc) is 3.12. The second-order valence-corrected chi connectivity index (χ2v) is 5.71. The fourth-order valence-corrected chi connectivity index (χ4v) is 2.87. The molecule has 0 spiro atoms. The molecule has 0 aliphatic heterocycles. The third kappa shape index (κ3) is 3.19. The van der Waals surface area contributed by atoms with E-state index in [9.17, 15) is 10.2 Å². The van der Waals surface area contributed by atoms with Crippen molar-refractivity contribution < 1.29 is 10.2 Å². The van der Waals surface area contributed by atoms with Gasteiger partial charge in [-0.2, -0.15) is 0 Å². The largest absolute Gasteiger partial charge is 0.391 e. The van der Waals surface area contributed by atoms with Gasteiger partial charge in [0.1, 0.15) is 0 Å². The molecule has 2 saturated carbocycles. The van der Waals surface area contributed by atoms with Crippen LogP contribution in [0.3, 0.4) is 0 Å². The number of nitrogens with two attached hydrogens (primary N) is 1. The van der Waals surface area contributed by atoms with Gasteiger partial charge in [0.25, 0.3) is 0 Å². The zero-order valence-corrected chi connectivity index (χ0v) is 10.0. The van der Waals surface area contributed by atoms with Crippen LogP contribution in [0.15, 0.2) is 0 Å². The molecule has 2 fully saturated rings. The summed E-state index contributed by atoms with van der Waals surface area (Å²) in [5.74, 6) is 0.984. The zero-order chi connectivity index (χ0) is 11.5. The molecule has 2 aliphatic carbocycles. The fourth-order valence-electron chi connectivity index (χ4n) is 2.87. The van der Waals surface area contributed by atoms with E-state index in [2.05, 4.69) is 0 Å². The lowest BCUT2D eigenvalue weighted by Gasteiger charge is -2.32. The van der Waals surface area contributed by atoms with Gasteiger partial charge >= 0.3 is 0 Å². The Balaban J connectivity index is 1.78. The SMILES string of the molecule is N[C@H](C(O)C1CCCCC1)[C@H](O)CC1CC1. The lowest BCUT2D eigenvalue weighted by atomic mass is 9.81. The highest BCUT2D eigenvalue weighted by Gasteiger charge is 2.34. The topological polar surface area (TPSA) is 66.5 Å². The van der Waals surface area contributed by atoms with E-state index in [1.807, 2.05) is 0 Å². The van der Waals surface area contributed by atoms with Crippen LogP contribution in [0, 0.1) is 11.8 Å². The van der Waals surface area contributed by atoms with Crippen molar-refractivity contribution in [2.75, 3.05) is 0 Å². The molecule has 3 heteroatoms. The van der Waals surface area contributed by atoms with Crippen molar-refractivity contribution in [2.45, 2.75) is 69.6 Å². The van der Waals surface area contributed by atoms with Crippen LogP contribution in [0.1, 0.15) is 51.4 Å². The fraction of sp³-hybridized carbons (Fsp3) is 1.00. The molecule has 0 aromatic rings. The number of aliphatic hydroxyl groups is 2. The second kappa shape index (κ2) is 5.48. The van der Waals surface area contributed by atoms with Crippen molar-refractivity contribution in [3.63, 3.8) is 0 Å². The van der Waals surface area contributed by atoms with Crippen LogP contribution in [0.25, 0.3) is 0 Å². The standard InChI is InChI=1S/C13H25NO2/c14-12(11(15)8-9-6-7-9)13(16)10-4-2-1-3-5-10/h9-13,15-16H,1-8,14H2/t11-,12+,13?/m1/s1. The van der Waals surface area contributed by atoms with Crippen molar-refractivity contribution in [3.8, 4) is 0 Å². The number of hydrogen-bond donors (Lipinski definition) is 3. The van der Waals surface area contributed by atoms with E-state index in [1.54, 1.807) is 0 Å². The summed E-state index contributed by atoms with van der Waals surface area (Å²) in [7, 11) is 0. The van der Waals surface area contributed by atoms with E-state index in [0.717, 1.165) is 19.3 Å². The highest BCUT2D eigenvalue weighted by Crippen LogP contribution is 2.35. The van der Waals surface area contributed by atoms with Gasteiger partial charge in [-0.1, -0.05) is 32.1 Å². The first-order valence-corrected chi connectivity index (χ1v) is 6.80. The highest BCUT2D eigenvalue weighted by molar-refractivity contribution is 4.88. The molecule has 94 valence electrons. The lowest BCUT2D eigenvalue weighted by molar-refractivity contribution is 0.00574. The second-order valence-electron chi connectivity index (χ2n) is 5.71. The molecular formula is C13H25NO2. The first-order valence-electron chi connectivity index (χ1n) is 6.80. The van der Waals surface area contributed by atoms with Crippen LogP contribution in [-0.4, -0.2) is 28.5 Å². The van der Waals surface area contributed by atoms with Gasteiger partial charge in [0.15, 0.2) is 0 Å². The summed E-state index contributed by atoms with van der Waals surface area (Å²) in [5.41, 5.74) is 5.97. The maximum Gasteiger partial charge on any atom is 0.0744 e. The van der Waals surface area contributed by atoms with Gasteiger partial charge in [-0.15, -0.1) is 0 Å². The van der Waals surface area contributed by atoms with E-state index in [4.69, 9.17) is 5.73 Å². The summed E-state index contributed by atoms with van der Waals surface area (Å²) in [5, 5.41) is 20.1. The first-order chi connectivity index (χ1) is 7.68. The molecule has 0 radical (unpaired) electrons. The maximum absolute atomic E-state index is 10.2. The average molecular weight is 227 g/mol. The summed E-state index contributed by atoms with van der Waals surface area (Å²) < 4.78 is 0. The number of rotatable bonds is 5. The van der Waals surface area contributed by atoms with Crippen LogP contribution in [0.2, 0.25) is 0 Å². The van der Waals surface area contributed by atoms with E-state index >= 15 is 0 Å². The van der Waals surface area contributed by atoms with E-state index in [0.29, 0.717) is 11.8 Å². The van der Waals surface area contributed by atoms with Crippen molar-refractivity contribution in [1.82, 2.24) is 0 Å². The minimum Gasteiger partial charge on any atom is -0.391 e. The lowest BCUT2D eigenvalue weighted by Crippen LogP contribution is -2.48. The van der Waals surface area contributed by atoms with Crippen LogP contribution in [-0.2, 0) is 0 Å². The molecular weight excluding hydrogens is 202 g/mol. The molecule has 1 unspecified atom stereocenters. The van der Waals surface area contributed by atoms with Crippen LogP contribution in [0.5, 0.6) is 0 Å². The van der Waals surface area contributed by atoms with Crippen LogP contribution < -0.4 is 5.73 Å². The summed E-state index contributed by atoms with van der Waals surface area (Å²) in [6.45, 7) is 0. The number of aliphatic hydroxyl groups excluding tert-OH is 2. The molecule has 2 rings (SSSR count). The molecule has 16 heavy (non-hydrogen) atoms. The molecule has 0 amide bonds. The summed E-state index contributed by atoms with van der Waals surface area (Å²) in [6.07, 6.45) is 8.05. The molecule has 0 bridgehead atoms. The Bertz CT molecular complexity index is 212. The number of hydrogen-bond acceptors (Lipinski definition) is 3. The van der Waals surface area contributed by atoms with Crippen LogP contribution >= 0.6 is 0 Å². The van der Waals surface area contributed by atoms with Crippen molar-refractivity contribution in [2.24, 2.45) is 17.6 Å². The van der Waals surface area contributed by atoms with Gasteiger partial charge in [-0.05, 0) is 31.1 Å². The van der Waals surface area contributed by atoms with Gasteiger partial charge in [-0.25, -0.2) is 0 Å². The molecule has 0 heterocycles. The van der Waals surface area contributed by atoms with Crippen molar-refractivity contribution >= 4 is 0 Å². The third-order valence-corrected chi connectivity index (χ3v) is 4.24. The molecule has 0 aromatic carbocycles. The Kier molecular flexibility index (Phi) is 4.22. The van der Waals surface area contributed by atoms with Gasteiger partial charge in [-0.3, -0.25) is 0 Å². The molecule has 3 atom stereocenters. The minimum absolute atomic E-state index is 0.317. The Morgan fingerprint density at radius 2 is 1.62 bits per heavy atom. The Labute approximate surface area is 98.0 Å². The van der Waals surface area contributed by atoms with Gasteiger partial charge in [0.2, 0.25) is 0 Å². The third-order valence-electron chi connectivity index (χ3n) is 4.24. The van der Waals surface area contributed by atoms with Gasteiger partial charge in [0.05, 0.1) is 18.2 Å². The Morgan fingerprint density at radius 1 is 1.00 bits per heavy atom. The van der Waals surface area contributed by atoms with E-state index in [-0.39, 0.29) is 0 Å². The molecule has 3 nitrogen and oxygen atoms in total. The summed E-state index contributed by atoms with van der Waals surface area (Å²) in [6, 6.07) is -0.441. The van der Waals surface area contributed by atoms with E-state index in [1.165, 1.54) is 32.1 Å². The Hall–Kier alpha value is -0.120. The van der Waals surface area contributed by atoms with Gasteiger partial charge < -0.3 is 15.9 Å². The van der Waals surface area contributed by atoms with Crippen molar-refractivity contribution in [3.05, 3.63) is 0 Å². The summed E-state index contributed by atoms with van der Waals surface area (Å²) in [4.78, 5) is 0. The Morgan fingerprint density at radius 3 is 2.19 bits per heavy atom. The predicted molar refractivity (Wildman–Crippen MR) is 63.9 cm³/mol. The molecule has 0 saturated heterocycles. The molecule has 0 aromatic heterocycles. The maximum atomic E-state index is 10.2. The highest BCUT2D eigenvalue weighted by atomic mass is 16.3. The molecule has 2 aliphatic rings. The van der Waals surface area contributed by atoms with E-state index < -0.39 is 18.2 Å². The van der Waals surface area contributed by atoms with Gasteiger partial charge in [0, 0.05) is 0 Å².